The van der Waals surface area contributed by atoms with Crippen LogP contribution in [0.15, 0.2) is 39.4 Å². The fraction of sp³-hybridized carbons (Fsp3) is 0.333. The van der Waals surface area contributed by atoms with Gasteiger partial charge in [-0.15, -0.1) is 0 Å². The Morgan fingerprint density at radius 3 is 2.85 bits per heavy atom. The first-order valence-electron chi connectivity index (χ1n) is 6.52. The number of hydrogen-bond donors (Lipinski definition) is 1. The largest absolute Gasteiger partial charge is 0.453 e. The maximum Gasteiger partial charge on any atom is 0.197 e. The maximum absolute atomic E-state index is 13.4. The van der Waals surface area contributed by atoms with Gasteiger partial charge in [0.25, 0.3) is 0 Å². The van der Waals surface area contributed by atoms with Gasteiger partial charge in [-0.1, -0.05) is 22.9 Å². The van der Waals surface area contributed by atoms with Crippen molar-refractivity contribution in [1.82, 2.24) is 5.32 Å². The van der Waals surface area contributed by atoms with E-state index in [2.05, 4.69) is 28.2 Å². The van der Waals surface area contributed by atoms with Gasteiger partial charge in [0.1, 0.15) is 5.82 Å². The highest BCUT2D eigenvalue weighted by molar-refractivity contribution is 9.10. The molecule has 0 saturated carbocycles. The molecule has 1 atom stereocenters. The number of benzene rings is 1. The van der Waals surface area contributed by atoms with E-state index in [1.54, 1.807) is 18.4 Å². The monoisotopic (exact) mass is 359 g/mol. The molecule has 2 rings (SSSR count). The zero-order valence-electron chi connectivity index (χ0n) is 11.1. The molecule has 5 heteroatoms. The van der Waals surface area contributed by atoms with Gasteiger partial charge < -0.3 is 9.73 Å². The highest BCUT2D eigenvalue weighted by Gasteiger charge is 2.18. The van der Waals surface area contributed by atoms with Crippen molar-refractivity contribution in [2.75, 3.05) is 6.54 Å². The Hall–Kier alpha value is -0.840. The molecule has 0 aliphatic rings. The van der Waals surface area contributed by atoms with Crippen molar-refractivity contribution in [3.63, 3.8) is 0 Å². The van der Waals surface area contributed by atoms with Crippen molar-refractivity contribution in [2.24, 2.45) is 0 Å². The van der Waals surface area contributed by atoms with Crippen molar-refractivity contribution >= 4 is 27.5 Å². The molecule has 2 aromatic rings. The first kappa shape index (κ1) is 15.5. The first-order valence-corrected chi connectivity index (χ1v) is 7.69. The van der Waals surface area contributed by atoms with Crippen LogP contribution in [-0.2, 0) is 6.42 Å². The third-order valence-electron chi connectivity index (χ3n) is 3.09. The van der Waals surface area contributed by atoms with E-state index in [0.717, 1.165) is 28.6 Å². The van der Waals surface area contributed by atoms with E-state index in [0.29, 0.717) is 11.6 Å². The van der Waals surface area contributed by atoms with Gasteiger partial charge in [-0.3, -0.25) is 0 Å². The molecule has 0 saturated heterocycles. The van der Waals surface area contributed by atoms with Crippen LogP contribution in [0.2, 0.25) is 5.22 Å². The number of nitrogens with one attached hydrogen (secondary N) is 1. The van der Waals surface area contributed by atoms with Crippen LogP contribution in [0.3, 0.4) is 0 Å². The minimum Gasteiger partial charge on any atom is -0.453 e. The third-order valence-corrected chi connectivity index (χ3v) is 4.17. The summed E-state index contributed by atoms with van der Waals surface area (Å²) in [6.07, 6.45) is 3.22. The minimum atomic E-state index is -0.240. The second-order valence-corrected chi connectivity index (χ2v) is 5.79. The van der Waals surface area contributed by atoms with E-state index in [1.807, 2.05) is 6.07 Å². The summed E-state index contributed by atoms with van der Waals surface area (Å²) in [5.74, 6) is -0.240. The van der Waals surface area contributed by atoms with E-state index >= 15 is 0 Å². The van der Waals surface area contributed by atoms with Crippen molar-refractivity contribution < 1.29 is 8.81 Å². The Bertz CT molecular complexity index is 573. The van der Waals surface area contributed by atoms with Gasteiger partial charge in [0, 0.05) is 16.1 Å². The summed E-state index contributed by atoms with van der Waals surface area (Å²) >= 11 is 9.52. The zero-order valence-corrected chi connectivity index (χ0v) is 13.5. The number of halogens is 3. The van der Waals surface area contributed by atoms with Crippen LogP contribution >= 0.6 is 27.5 Å². The fourth-order valence-electron chi connectivity index (χ4n) is 2.08. The van der Waals surface area contributed by atoms with Crippen LogP contribution < -0.4 is 5.32 Å². The van der Waals surface area contributed by atoms with Gasteiger partial charge in [0.05, 0.1) is 6.26 Å². The van der Waals surface area contributed by atoms with Crippen molar-refractivity contribution in [2.45, 2.75) is 25.8 Å². The number of furan rings is 1. The van der Waals surface area contributed by atoms with E-state index in [1.165, 1.54) is 6.07 Å². The van der Waals surface area contributed by atoms with E-state index in [9.17, 15) is 4.39 Å². The standard InChI is InChI=1S/C15H16BrClFNO/c1-2-6-19-14(12-5-7-20-15(12)17)9-10-8-11(18)3-4-13(10)16/h3-5,7-8,14,19H,2,6,9H2,1H3. The second-order valence-electron chi connectivity index (χ2n) is 4.60. The molecule has 0 spiro atoms. The lowest BCUT2D eigenvalue weighted by molar-refractivity contribution is 0.511. The molecule has 1 heterocycles. The van der Waals surface area contributed by atoms with E-state index in [4.69, 9.17) is 16.0 Å². The zero-order chi connectivity index (χ0) is 14.5. The Kier molecular flexibility index (Phi) is 5.64. The molecule has 0 fully saturated rings. The van der Waals surface area contributed by atoms with Crippen LogP contribution in [-0.4, -0.2) is 6.54 Å². The highest BCUT2D eigenvalue weighted by Crippen LogP contribution is 2.29. The number of hydrogen-bond acceptors (Lipinski definition) is 2. The lowest BCUT2D eigenvalue weighted by atomic mass is 10.0. The van der Waals surface area contributed by atoms with Crippen LogP contribution in [0.25, 0.3) is 0 Å². The molecule has 0 aliphatic carbocycles. The van der Waals surface area contributed by atoms with Gasteiger partial charge in [-0.2, -0.15) is 0 Å². The molecule has 1 N–H and O–H groups in total. The number of rotatable bonds is 6. The molecular weight excluding hydrogens is 345 g/mol. The predicted molar refractivity (Wildman–Crippen MR) is 82.6 cm³/mol. The summed E-state index contributed by atoms with van der Waals surface area (Å²) in [7, 11) is 0. The molecule has 0 bridgehead atoms. The summed E-state index contributed by atoms with van der Waals surface area (Å²) in [4.78, 5) is 0. The molecule has 1 unspecified atom stereocenters. The normalized spacial score (nSPS) is 12.6. The summed E-state index contributed by atoms with van der Waals surface area (Å²) in [5.41, 5.74) is 1.80. The fourth-order valence-corrected chi connectivity index (χ4v) is 2.74. The summed E-state index contributed by atoms with van der Waals surface area (Å²) < 4.78 is 19.4. The minimum absolute atomic E-state index is 0.000648. The van der Waals surface area contributed by atoms with Crippen LogP contribution in [0.4, 0.5) is 4.39 Å². The Morgan fingerprint density at radius 1 is 1.40 bits per heavy atom. The average molecular weight is 361 g/mol. The van der Waals surface area contributed by atoms with Crippen molar-refractivity contribution in [1.29, 1.82) is 0 Å². The topological polar surface area (TPSA) is 25.2 Å². The van der Waals surface area contributed by atoms with Gasteiger partial charge >= 0.3 is 0 Å². The summed E-state index contributed by atoms with van der Waals surface area (Å²) in [6.45, 7) is 2.96. The smallest absolute Gasteiger partial charge is 0.197 e. The highest BCUT2D eigenvalue weighted by atomic mass is 79.9. The van der Waals surface area contributed by atoms with Gasteiger partial charge in [-0.25, -0.2) is 4.39 Å². The molecule has 0 aliphatic heterocycles. The Labute approximate surface area is 131 Å². The Morgan fingerprint density at radius 2 is 2.20 bits per heavy atom. The third kappa shape index (κ3) is 3.84. The van der Waals surface area contributed by atoms with Crippen LogP contribution in [0.5, 0.6) is 0 Å². The molecule has 108 valence electrons. The first-order chi connectivity index (χ1) is 9.61. The van der Waals surface area contributed by atoms with Crippen molar-refractivity contribution in [3.8, 4) is 0 Å². The van der Waals surface area contributed by atoms with Crippen molar-refractivity contribution in [3.05, 3.63) is 57.2 Å². The van der Waals surface area contributed by atoms with Crippen LogP contribution in [0, 0.1) is 5.82 Å². The van der Waals surface area contributed by atoms with E-state index < -0.39 is 0 Å². The average Bonchev–Trinajstić information content (AvgIpc) is 2.84. The maximum atomic E-state index is 13.4. The van der Waals surface area contributed by atoms with E-state index in [-0.39, 0.29) is 11.9 Å². The lowest BCUT2D eigenvalue weighted by Gasteiger charge is -2.18. The molecule has 0 radical (unpaired) electrons. The second kappa shape index (κ2) is 7.25. The molecule has 20 heavy (non-hydrogen) atoms. The van der Waals surface area contributed by atoms with Gasteiger partial charge in [-0.05, 0) is 60.8 Å². The SMILES string of the molecule is CCCNC(Cc1cc(F)ccc1Br)c1ccoc1Cl. The Balaban J connectivity index is 2.23. The van der Waals surface area contributed by atoms with Gasteiger partial charge in [0.2, 0.25) is 0 Å². The molecular formula is C15H16BrClFNO. The summed E-state index contributed by atoms with van der Waals surface area (Å²) in [6, 6.07) is 6.55. The molecule has 2 nitrogen and oxygen atoms in total. The van der Waals surface area contributed by atoms with Crippen LogP contribution in [0.1, 0.15) is 30.5 Å². The predicted octanol–water partition coefficient (Wildman–Crippen LogP) is 5.12. The molecule has 0 amide bonds. The lowest BCUT2D eigenvalue weighted by Crippen LogP contribution is -2.24. The molecule has 1 aromatic carbocycles. The molecule has 1 aromatic heterocycles. The quantitative estimate of drug-likeness (QED) is 0.773. The summed E-state index contributed by atoms with van der Waals surface area (Å²) in [5, 5.41) is 3.80. The van der Waals surface area contributed by atoms with Gasteiger partial charge in [0.15, 0.2) is 5.22 Å².